The van der Waals surface area contributed by atoms with E-state index in [9.17, 15) is 14.0 Å². The average molecular weight is 277 g/mol. The quantitative estimate of drug-likeness (QED) is 0.853. The third-order valence-corrected chi connectivity index (χ3v) is 3.04. The Hall–Kier alpha value is -2.37. The monoisotopic (exact) mass is 277 g/mol. The van der Waals surface area contributed by atoms with Crippen molar-refractivity contribution in [1.29, 1.82) is 0 Å². The van der Waals surface area contributed by atoms with E-state index in [1.54, 1.807) is 0 Å². The minimum absolute atomic E-state index is 0.0359. The number of aromatic nitrogens is 2. The number of anilines is 1. The van der Waals surface area contributed by atoms with E-state index >= 15 is 0 Å². The molecule has 2 N–H and O–H groups in total. The molecular weight excluding hydrogens is 261 g/mol. The van der Waals surface area contributed by atoms with Crippen LogP contribution in [-0.4, -0.2) is 9.13 Å². The Bertz CT molecular complexity index is 734. The van der Waals surface area contributed by atoms with Crippen molar-refractivity contribution >= 4 is 5.69 Å². The van der Waals surface area contributed by atoms with Crippen LogP contribution in [0.25, 0.3) is 0 Å². The molecule has 0 amide bonds. The van der Waals surface area contributed by atoms with Gasteiger partial charge < -0.3 is 10.3 Å². The second kappa shape index (κ2) is 5.73. The lowest BCUT2D eigenvalue weighted by Crippen LogP contribution is -2.39. The Morgan fingerprint density at radius 1 is 1.25 bits per heavy atom. The molecule has 0 aliphatic rings. The summed E-state index contributed by atoms with van der Waals surface area (Å²) in [4.78, 5) is 24.0. The third-order valence-electron chi connectivity index (χ3n) is 3.04. The van der Waals surface area contributed by atoms with Gasteiger partial charge in [0, 0.05) is 24.5 Å². The molecule has 0 aliphatic carbocycles. The summed E-state index contributed by atoms with van der Waals surface area (Å²) < 4.78 is 15.7. The second-order valence-corrected chi connectivity index (χ2v) is 4.56. The molecule has 0 radical (unpaired) electrons. The van der Waals surface area contributed by atoms with Crippen molar-refractivity contribution < 1.29 is 4.39 Å². The smallest absolute Gasteiger partial charge is 0.331 e. The average Bonchev–Trinajstić information content (AvgIpc) is 2.42. The molecule has 0 spiro atoms. The molecule has 6 heteroatoms. The van der Waals surface area contributed by atoms with E-state index in [2.05, 4.69) is 0 Å². The van der Waals surface area contributed by atoms with E-state index < -0.39 is 17.1 Å². The van der Waals surface area contributed by atoms with Crippen LogP contribution < -0.4 is 17.0 Å². The predicted molar refractivity (Wildman–Crippen MR) is 75.2 cm³/mol. The Morgan fingerprint density at radius 2 is 2.00 bits per heavy atom. The van der Waals surface area contributed by atoms with E-state index in [0.29, 0.717) is 17.8 Å². The lowest BCUT2D eigenvalue weighted by molar-refractivity contribution is 0.568. The molecule has 1 heterocycles. The van der Waals surface area contributed by atoms with Gasteiger partial charge in [-0.2, -0.15) is 0 Å². The minimum Gasteiger partial charge on any atom is -0.398 e. The Kier molecular flexibility index (Phi) is 4.02. The van der Waals surface area contributed by atoms with Gasteiger partial charge >= 0.3 is 5.69 Å². The molecule has 0 atom stereocenters. The van der Waals surface area contributed by atoms with Gasteiger partial charge in [-0.3, -0.25) is 9.36 Å². The second-order valence-electron chi connectivity index (χ2n) is 4.56. The summed E-state index contributed by atoms with van der Waals surface area (Å²) in [5.74, 6) is -0.452. The van der Waals surface area contributed by atoms with Crippen molar-refractivity contribution in [3.8, 4) is 0 Å². The Labute approximate surface area is 115 Å². The highest BCUT2D eigenvalue weighted by molar-refractivity contribution is 5.46. The summed E-state index contributed by atoms with van der Waals surface area (Å²) in [6, 6.07) is 5.22. The van der Waals surface area contributed by atoms with Crippen LogP contribution in [0.3, 0.4) is 0 Å². The van der Waals surface area contributed by atoms with Crippen molar-refractivity contribution in [3.05, 3.63) is 62.7 Å². The van der Waals surface area contributed by atoms with Gasteiger partial charge in [0.15, 0.2) is 0 Å². The van der Waals surface area contributed by atoms with E-state index in [0.717, 1.165) is 11.0 Å². The number of nitrogen functional groups attached to an aromatic ring is 1. The topological polar surface area (TPSA) is 70.0 Å². The number of nitrogens with two attached hydrogens (primary N) is 1. The maximum atomic E-state index is 13.2. The molecule has 2 aromatic rings. The number of hydrogen-bond acceptors (Lipinski definition) is 3. The van der Waals surface area contributed by atoms with E-state index in [1.807, 2.05) is 6.92 Å². The summed E-state index contributed by atoms with van der Waals surface area (Å²) in [6.07, 6.45) is 2.25. The molecule has 20 heavy (non-hydrogen) atoms. The molecule has 5 nitrogen and oxygen atoms in total. The number of hydrogen-bond donors (Lipinski definition) is 1. The van der Waals surface area contributed by atoms with Crippen LogP contribution >= 0.6 is 0 Å². The molecular formula is C14H16FN3O2. The highest BCUT2D eigenvalue weighted by Crippen LogP contribution is 2.13. The first-order valence-electron chi connectivity index (χ1n) is 6.37. The zero-order chi connectivity index (χ0) is 14.7. The number of halogens is 1. The van der Waals surface area contributed by atoms with Crippen molar-refractivity contribution in [3.63, 3.8) is 0 Å². The normalized spacial score (nSPS) is 10.7. The molecule has 0 unspecified atom stereocenters. The van der Waals surface area contributed by atoms with Gasteiger partial charge in [-0.05, 0) is 30.2 Å². The molecule has 0 saturated carbocycles. The summed E-state index contributed by atoms with van der Waals surface area (Å²) >= 11 is 0. The zero-order valence-corrected chi connectivity index (χ0v) is 11.2. The zero-order valence-electron chi connectivity index (χ0n) is 11.2. The van der Waals surface area contributed by atoms with Crippen molar-refractivity contribution in [1.82, 2.24) is 9.13 Å². The van der Waals surface area contributed by atoms with Crippen LogP contribution in [0, 0.1) is 5.82 Å². The number of rotatable bonds is 4. The first kappa shape index (κ1) is 14.0. The van der Waals surface area contributed by atoms with Crippen LogP contribution in [0.15, 0.2) is 40.1 Å². The van der Waals surface area contributed by atoms with E-state index in [-0.39, 0.29) is 6.54 Å². The van der Waals surface area contributed by atoms with Gasteiger partial charge in [0.05, 0.1) is 6.54 Å². The first-order chi connectivity index (χ1) is 9.52. The fraction of sp³-hybridized carbons (Fsp3) is 0.286. The van der Waals surface area contributed by atoms with Crippen molar-refractivity contribution in [2.45, 2.75) is 26.4 Å². The molecule has 0 bridgehead atoms. The van der Waals surface area contributed by atoms with Crippen molar-refractivity contribution in [2.24, 2.45) is 0 Å². The lowest BCUT2D eigenvalue weighted by Gasteiger charge is -2.10. The largest absolute Gasteiger partial charge is 0.398 e. The Balaban J connectivity index is 2.48. The van der Waals surface area contributed by atoms with Crippen LogP contribution in [0.2, 0.25) is 0 Å². The SMILES string of the molecule is CCCn1ccc(=O)n(Cc2cc(F)ccc2N)c1=O. The minimum atomic E-state index is -0.452. The number of benzene rings is 1. The predicted octanol–water partition coefficient (Wildman–Crippen LogP) is 1.19. The Morgan fingerprint density at radius 3 is 2.70 bits per heavy atom. The standard InChI is InChI=1S/C14H16FN3O2/c1-2-6-17-7-5-13(19)18(14(17)20)9-10-8-11(15)3-4-12(10)16/h3-5,7-8H,2,6,9,16H2,1H3. The lowest BCUT2D eigenvalue weighted by atomic mass is 10.2. The van der Waals surface area contributed by atoms with Crippen LogP contribution in [0.1, 0.15) is 18.9 Å². The number of nitrogens with zero attached hydrogens (tertiary/aromatic N) is 2. The summed E-state index contributed by atoms with van der Waals surface area (Å²) in [5, 5.41) is 0. The fourth-order valence-corrected chi connectivity index (χ4v) is 2.00. The maximum Gasteiger partial charge on any atom is 0.331 e. The van der Waals surface area contributed by atoms with E-state index in [1.165, 1.54) is 35.0 Å². The van der Waals surface area contributed by atoms with Crippen LogP contribution in [0.4, 0.5) is 10.1 Å². The van der Waals surface area contributed by atoms with Crippen LogP contribution in [-0.2, 0) is 13.1 Å². The molecule has 1 aromatic heterocycles. The summed E-state index contributed by atoms with van der Waals surface area (Å²) in [5.41, 5.74) is 5.67. The van der Waals surface area contributed by atoms with Gasteiger partial charge in [-0.25, -0.2) is 9.18 Å². The molecule has 2 rings (SSSR count). The highest BCUT2D eigenvalue weighted by atomic mass is 19.1. The van der Waals surface area contributed by atoms with Gasteiger partial charge in [0.2, 0.25) is 0 Å². The van der Waals surface area contributed by atoms with Gasteiger partial charge in [-0.1, -0.05) is 6.92 Å². The molecule has 106 valence electrons. The highest BCUT2D eigenvalue weighted by Gasteiger charge is 2.08. The number of aryl methyl sites for hydroxylation is 1. The third kappa shape index (κ3) is 2.79. The summed E-state index contributed by atoms with van der Waals surface area (Å²) in [7, 11) is 0. The molecule has 0 aliphatic heterocycles. The van der Waals surface area contributed by atoms with Gasteiger partial charge in [0.25, 0.3) is 5.56 Å². The summed E-state index contributed by atoms with van der Waals surface area (Å²) in [6.45, 7) is 2.43. The molecule has 0 fully saturated rings. The first-order valence-corrected chi connectivity index (χ1v) is 6.37. The molecule has 1 aromatic carbocycles. The van der Waals surface area contributed by atoms with E-state index in [4.69, 9.17) is 5.73 Å². The molecule has 0 saturated heterocycles. The maximum absolute atomic E-state index is 13.2. The van der Waals surface area contributed by atoms with Gasteiger partial charge in [0.1, 0.15) is 5.82 Å². The van der Waals surface area contributed by atoms with Gasteiger partial charge in [-0.15, -0.1) is 0 Å². The van der Waals surface area contributed by atoms with Crippen LogP contribution in [0.5, 0.6) is 0 Å². The fourth-order valence-electron chi connectivity index (χ4n) is 2.00. The van der Waals surface area contributed by atoms with Crippen molar-refractivity contribution in [2.75, 3.05) is 5.73 Å².